The van der Waals surface area contributed by atoms with Crippen molar-refractivity contribution in [3.63, 3.8) is 0 Å². The highest BCUT2D eigenvalue weighted by atomic mass is 32.2. The minimum Gasteiger partial charge on any atom is -0.392 e. The first-order valence-corrected chi connectivity index (χ1v) is 7.49. The van der Waals surface area contributed by atoms with Crippen molar-refractivity contribution in [3.05, 3.63) is 59.4 Å². The first-order valence-electron chi connectivity index (χ1n) is 6.68. The minimum absolute atomic E-state index is 0.0800. The van der Waals surface area contributed by atoms with E-state index in [2.05, 4.69) is 0 Å². The van der Waals surface area contributed by atoms with Crippen LogP contribution in [0, 0.1) is 5.82 Å². The lowest BCUT2D eigenvalue weighted by Crippen LogP contribution is -2.02. The second kappa shape index (κ2) is 6.58. The van der Waals surface area contributed by atoms with Gasteiger partial charge in [0.25, 0.3) is 0 Å². The third-order valence-corrected chi connectivity index (χ3v) is 4.48. The highest BCUT2D eigenvalue weighted by Crippen LogP contribution is 2.39. The topological polar surface area (TPSA) is 38.7 Å². The Morgan fingerprint density at radius 1 is 1.10 bits per heavy atom. The summed E-state index contributed by atoms with van der Waals surface area (Å²) in [7, 11) is 0. The summed E-state index contributed by atoms with van der Waals surface area (Å²) in [5, 5.41) is 9.39. The molecule has 1 aliphatic heterocycles. The van der Waals surface area contributed by atoms with Crippen molar-refractivity contribution in [2.45, 2.75) is 22.7 Å². The number of aliphatic hydroxyl groups excluding tert-OH is 1. The lowest BCUT2D eigenvalue weighted by atomic mass is 10.2. The maximum atomic E-state index is 14.2. The van der Waals surface area contributed by atoms with E-state index in [1.165, 1.54) is 17.8 Å². The molecule has 0 amide bonds. The molecule has 2 aromatic rings. The van der Waals surface area contributed by atoms with Gasteiger partial charge in [-0.1, -0.05) is 42.1 Å². The van der Waals surface area contributed by atoms with Crippen molar-refractivity contribution in [2.24, 2.45) is 0 Å². The molecule has 0 bridgehead atoms. The van der Waals surface area contributed by atoms with E-state index in [-0.39, 0.29) is 12.4 Å². The van der Waals surface area contributed by atoms with Crippen LogP contribution in [0.2, 0.25) is 0 Å². The molecule has 21 heavy (non-hydrogen) atoms. The summed E-state index contributed by atoms with van der Waals surface area (Å²) in [6, 6.07) is 12.3. The number of aliphatic hydroxyl groups is 1. The molecular weight excluding hydrogens is 291 g/mol. The highest BCUT2D eigenvalue weighted by Gasteiger charge is 2.24. The van der Waals surface area contributed by atoms with E-state index in [4.69, 9.17) is 9.47 Å². The minimum atomic E-state index is -0.524. The average molecular weight is 306 g/mol. The molecule has 0 aliphatic carbocycles. The zero-order valence-corrected chi connectivity index (χ0v) is 12.1. The zero-order valence-electron chi connectivity index (χ0n) is 11.3. The third kappa shape index (κ3) is 3.11. The number of rotatable bonds is 4. The van der Waals surface area contributed by atoms with E-state index in [1.807, 2.05) is 30.3 Å². The summed E-state index contributed by atoms with van der Waals surface area (Å²) in [5.41, 5.74) is 1.45. The molecule has 0 saturated carbocycles. The summed E-state index contributed by atoms with van der Waals surface area (Å²) in [4.78, 5) is 1.30. The van der Waals surface area contributed by atoms with E-state index in [1.54, 1.807) is 6.07 Å². The molecule has 0 unspecified atom stereocenters. The Morgan fingerprint density at radius 3 is 2.62 bits per heavy atom. The number of benzene rings is 2. The molecule has 1 fully saturated rings. The summed E-state index contributed by atoms with van der Waals surface area (Å²) >= 11 is 1.28. The van der Waals surface area contributed by atoms with Crippen molar-refractivity contribution in [1.82, 2.24) is 0 Å². The first kappa shape index (κ1) is 14.5. The summed E-state index contributed by atoms with van der Waals surface area (Å²) in [5.74, 6) is -0.315. The largest absolute Gasteiger partial charge is 0.392 e. The normalized spacial score (nSPS) is 15.5. The summed E-state index contributed by atoms with van der Waals surface area (Å²) in [6.45, 7) is 0.945. The van der Waals surface area contributed by atoms with Gasteiger partial charge in [0.15, 0.2) is 6.29 Å². The fourth-order valence-corrected chi connectivity index (χ4v) is 3.28. The number of hydrogen-bond donors (Lipinski definition) is 1. The van der Waals surface area contributed by atoms with E-state index >= 15 is 0 Å². The van der Waals surface area contributed by atoms with Crippen LogP contribution in [0.15, 0.2) is 52.3 Å². The van der Waals surface area contributed by atoms with Gasteiger partial charge in [0.05, 0.1) is 24.7 Å². The molecule has 1 saturated heterocycles. The lowest BCUT2D eigenvalue weighted by Gasteiger charge is -2.16. The summed E-state index contributed by atoms with van der Waals surface area (Å²) < 4.78 is 25.2. The Labute approximate surface area is 126 Å². The molecule has 5 heteroatoms. The van der Waals surface area contributed by atoms with E-state index in [9.17, 15) is 9.50 Å². The van der Waals surface area contributed by atoms with Crippen LogP contribution >= 0.6 is 11.8 Å². The van der Waals surface area contributed by atoms with Crippen molar-refractivity contribution in [2.75, 3.05) is 13.2 Å². The van der Waals surface area contributed by atoms with Crippen LogP contribution in [0.1, 0.15) is 17.4 Å². The van der Waals surface area contributed by atoms with Gasteiger partial charge in [-0.3, -0.25) is 0 Å². The highest BCUT2D eigenvalue weighted by molar-refractivity contribution is 7.99. The zero-order chi connectivity index (χ0) is 14.7. The van der Waals surface area contributed by atoms with Crippen molar-refractivity contribution in [3.8, 4) is 0 Å². The lowest BCUT2D eigenvalue weighted by molar-refractivity contribution is -0.0463. The van der Waals surface area contributed by atoms with Gasteiger partial charge in [0.2, 0.25) is 0 Å². The maximum Gasteiger partial charge on any atom is 0.185 e. The van der Waals surface area contributed by atoms with Gasteiger partial charge in [0, 0.05) is 10.5 Å². The Hall–Kier alpha value is -1.40. The second-order valence-corrected chi connectivity index (χ2v) is 5.65. The van der Waals surface area contributed by atoms with Crippen molar-refractivity contribution >= 4 is 11.8 Å². The molecule has 1 N–H and O–H groups in total. The van der Waals surface area contributed by atoms with Crippen LogP contribution in [0.25, 0.3) is 0 Å². The van der Waals surface area contributed by atoms with Crippen LogP contribution in [-0.2, 0) is 16.1 Å². The monoisotopic (exact) mass is 306 g/mol. The first-order chi connectivity index (χ1) is 10.3. The van der Waals surface area contributed by atoms with Crippen molar-refractivity contribution in [1.29, 1.82) is 0 Å². The van der Waals surface area contributed by atoms with Crippen LogP contribution in [0.5, 0.6) is 0 Å². The molecular formula is C16H15FO3S. The van der Waals surface area contributed by atoms with Crippen LogP contribution in [-0.4, -0.2) is 18.3 Å². The van der Waals surface area contributed by atoms with Crippen LogP contribution < -0.4 is 0 Å². The predicted octanol–water partition coefficient (Wildman–Crippen LogP) is 3.51. The predicted molar refractivity (Wildman–Crippen MR) is 77.5 cm³/mol. The van der Waals surface area contributed by atoms with Gasteiger partial charge >= 0.3 is 0 Å². The standard InChI is InChI=1S/C16H15FO3S/c17-13-6-3-5-12(16-19-8-9-20-16)15(13)21-14-7-2-1-4-11(14)10-18/h1-7,16,18H,8-10H2. The Morgan fingerprint density at radius 2 is 1.86 bits per heavy atom. The third-order valence-electron chi connectivity index (χ3n) is 3.23. The molecule has 3 rings (SSSR count). The molecule has 0 spiro atoms. The quantitative estimate of drug-likeness (QED) is 0.938. The van der Waals surface area contributed by atoms with Gasteiger partial charge in [-0.25, -0.2) is 4.39 Å². The molecule has 3 nitrogen and oxygen atoms in total. The Kier molecular flexibility index (Phi) is 4.55. The SMILES string of the molecule is OCc1ccccc1Sc1c(F)cccc1C1OCCO1. The Balaban J connectivity index is 1.97. The van der Waals surface area contributed by atoms with E-state index < -0.39 is 6.29 Å². The average Bonchev–Trinajstić information content (AvgIpc) is 3.04. The smallest absolute Gasteiger partial charge is 0.185 e. The number of ether oxygens (including phenoxy) is 2. The van der Waals surface area contributed by atoms with Gasteiger partial charge in [0.1, 0.15) is 5.82 Å². The molecule has 0 atom stereocenters. The van der Waals surface area contributed by atoms with Gasteiger partial charge < -0.3 is 14.6 Å². The molecule has 2 aromatic carbocycles. The summed E-state index contributed by atoms with van der Waals surface area (Å²) in [6.07, 6.45) is -0.524. The van der Waals surface area contributed by atoms with Crippen molar-refractivity contribution < 1.29 is 19.0 Å². The molecule has 110 valence electrons. The molecule has 0 aromatic heterocycles. The van der Waals surface area contributed by atoms with E-state index in [0.29, 0.717) is 23.7 Å². The maximum absolute atomic E-state index is 14.2. The fraction of sp³-hybridized carbons (Fsp3) is 0.250. The molecule has 1 aliphatic rings. The number of halogens is 1. The Bertz CT molecular complexity index is 627. The van der Waals surface area contributed by atoms with Gasteiger partial charge in [-0.05, 0) is 17.7 Å². The van der Waals surface area contributed by atoms with Crippen LogP contribution in [0.4, 0.5) is 4.39 Å². The molecule has 1 heterocycles. The second-order valence-electron chi connectivity index (χ2n) is 4.60. The van der Waals surface area contributed by atoms with Gasteiger partial charge in [-0.15, -0.1) is 0 Å². The van der Waals surface area contributed by atoms with Crippen LogP contribution in [0.3, 0.4) is 0 Å². The molecule has 0 radical (unpaired) electrons. The van der Waals surface area contributed by atoms with Gasteiger partial charge in [-0.2, -0.15) is 0 Å². The number of hydrogen-bond acceptors (Lipinski definition) is 4. The fourth-order valence-electron chi connectivity index (χ4n) is 2.20. The van der Waals surface area contributed by atoms with E-state index in [0.717, 1.165) is 10.5 Å².